The molecular formula is C63H100O28. The van der Waals surface area contributed by atoms with Crippen LogP contribution in [-0.2, 0) is 66.5 Å². The number of ether oxygens (including phenoxy) is 11. The van der Waals surface area contributed by atoms with Gasteiger partial charge in [-0.1, -0.05) is 61.5 Å². The van der Waals surface area contributed by atoms with Crippen molar-refractivity contribution in [2.24, 2.45) is 50.2 Å². The Bertz CT molecular complexity index is 2660. The summed E-state index contributed by atoms with van der Waals surface area (Å²) in [7, 11) is 0. The molecule has 0 aromatic rings. The fraction of sp³-hybridized carbons (Fsp3) is 0.921. The van der Waals surface area contributed by atoms with Gasteiger partial charge in [0.1, 0.15) is 91.6 Å². The van der Waals surface area contributed by atoms with Crippen molar-refractivity contribution < 1.29 is 138 Å². The zero-order valence-electron chi connectivity index (χ0n) is 53.7. The van der Waals surface area contributed by atoms with Crippen LogP contribution in [0.4, 0.5) is 0 Å². The molecule has 0 aromatic carbocycles. The molecular weight excluding hydrogens is 1200 g/mol. The summed E-state index contributed by atoms with van der Waals surface area (Å²) in [6.07, 6.45) is -38.6. The van der Waals surface area contributed by atoms with Crippen molar-refractivity contribution in [1.82, 2.24) is 0 Å². The van der Waals surface area contributed by atoms with Gasteiger partial charge in [-0.3, -0.25) is 4.79 Å². The van der Waals surface area contributed by atoms with E-state index in [1.54, 1.807) is 19.9 Å². The molecule has 28 heteroatoms. The second-order valence-electron chi connectivity index (χ2n) is 29.8. The number of carbonyl (C=O) groups is 3. The first-order valence-corrected chi connectivity index (χ1v) is 32.4. The van der Waals surface area contributed by atoms with Crippen LogP contribution in [0.1, 0.15) is 140 Å². The lowest BCUT2D eigenvalue weighted by molar-refractivity contribution is -0.406. The molecule has 5 aliphatic heterocycles. The van der Waals surface area contributed by atoms with E-state index in [1.165, 1.54) is 6.92 Å². The Kier molecular flexibility index (Phi) is 20.0. The molecule has 10 rings (SSSR count). The predicted octanol–water partition coefficient (Wildman–Crippen LogP) is -1.10. The Labute approximate surface area is 528 Å². The molecule has 10 aliphatic rings. The summed E-state index contributed by atoms with van der Waals surface area (Å²) in [6, 6.07) is 0. The monoisotopic (exact) mass is 1300 g/mol. The Morgan fingerprint density at radius 1 is 0.582 bits per heavy atom. The highest BCUT2D eigenvalue weighted by Crippen LogP contribution is 2.82. The van der Waals surface area contributed by atoms with Crippen molar-refractivity contribution in [1.29, 1.82) is 0 Å². The van der Waals surface area contributed by atoms with E-state index in [-0.39, 0.29) is 31.1 Å². The van der Waals surface area contributed by atoms with Crippen LogP contribution in [0.3, 0.4) is 0 Å². The van der Waals surface area contributed by atoms with Crippen molar-refractivity contribution in [2.45, 2.75) is 299 Å². The number of esters is 2. The molecule has 0 aromatic heterocycles. The summed E-state index contributed by atoms with van der Waals surface area (Å²) >= 11 is 0. The number of allylic oxidation sites excluding steroid dienone is 1. The van der Waals surface area contributed by atoms with Gasteiger partial charge in [0.2, 0.25) is 0 Å². The van der Waals surface area contributed by atoms with Crippen LogP contribution in [0.15, 0.2) is 11.6 Å². The molecule has 520 valence electrons. The number of rotatable bonds is 16. The van der Waals surface area contributed by atoms with Crippen LogP contribution < -0.4 is 0 Å². The summed E-state index contributed by atoms with van der Waals surface area (Å²) in [5.41, 5.74) is -5.89. The van der Waals surface area contributed by atoms with Crippen LogP contribution in [0.2, 0.25) is 0 Å². The van der Waals surface area contributed by atoms with Gasteiger partial charge in [0.05, 0.1) is 42.5 Å². The molecule has 5 saturated heterocycles. The number of carboxylic acids is 1. The van der Waals surface area contributed by atoms with Gasteiger partial charge in [-0.05, 0) is 107 Å². The van der Waals surface area contributed by atoms with E-state index < -0.39 is 229 Å². The molecule has 0 radical (unpaired) electrons. The molecule has 5 saturated carbocycles. The number of fused-ring (bicyclic) bond motifs is 4. The average Bonchev–Trinajstić information content (AvgIpc) is 1.56. The number of aliphatic carboxylic acids is 1. The molecule has 0 amide bonds. The van der Waals surface area contributed by atoms with E-state index in [0.29, 0.717) is 50.5 Å². The zero-order valence-corrected chi connectivity index (χ0v) is 53.7. The van der Waals surface area contributed by atoms with Crippen LogP contribution in [0.25, 0.3) is 0 Å². The van der Waals surface area contributed by atoms with E-state index in [1.807, 2.05) is 34.6 Å². The smallest absolute Gasteiger partial charge is 0.335 e. The van der Waals surface area contributed by atoms with E-state index in [4.69, 9.17) is 52.1 Å². The second-order valence-corrected chi connectivity index (χ2v) is 29.8. The van der Waals surface area contributed by atoms with Crippen LogP contribution in [0, 0.1) is 50.2 Å². The first-order valence-electron chi connectivity index (χ1n) is 32.4. The largest absolute Gasteiger partial charge is 0.479 e. The molecule has 28 nitrogen and oxygen atoms in total. The predicted molar refractivity (Wildman–Crippen MR) is 307 cm³/mol. The number of aliphatic hydroxyl groups is 13. The second kappa shape index (κ2) is 25.6. The van der Waals surface area contributed by atoms with Crippen molar-refractivity contribution in [3.05, 3.63) is 11.6 Å². The quantitative estimate of drug-likeness (QED) is 0.0495. The minimum atomic E-state index is -2.29. The maximum atomic E-state index is 13.7. The fourth-order valence-corrected chi connectivity index (χ4v) is 19.3. The van der Waals surface area contributed by atoms with Crippen LogP contribution in [-0.4, -0.2) is 262 Å². The Hall–Kier alpha value is -2.73. The highest BCUT2D eigenvalue weighted by molar-refractivity contribution is 5.87. The van der Waals surface area contributed by atoms with Gasteiger partial charge < -0.3 is 124 Å². The van der Waals surface area contributed by atoms with Crippen molar-refractivity contribution >= 4 is 17.9 Å². The summed E-state index contributed by atoms with van der Waals surface area (Å²) in [4.78, 5) is 40.7. The molecule has 1 spiro atoms. The van der Waals surface area contributed by atoms with Crippen molar-refractivity contribution in [2.75, 3.05) is 13.2 Å². The third-order valence-corrected chi connectivity index (χ3v) is 24.5. The molecule has 5 aliphatic carbocycles. The topological polar surface area (TPSA) is 436 Å². The van der Waals surface area contributed by atoms with Gasteiger partial charge in [-0.25, -0.2) is 9.59 Å². The SMILES string of the molecule is CC=C(C)C(=O)OC1C(OC(=O)CCC)C23C(O)CC4(C)C5(C)CCC6C(C)(C)C(OC7OC(C(=O)O)C(O)C(OC8OC(CO)C(O)C(O)C8OC8OC(C)C(O)C(O)C8O)C7OC7OC(CO)C(O)C(O)C7O)CCC6(C)C5CCC4(OC2O)C3CC1(C)C. The lowest BCUT2D eigenvalue weighted by atomic mass is 9.30. The van der Waals surface area contributed by atoms with Crippen LogP contribution >= 0.6 is 0 Å². The highest BCUT2D eigenvalue weighted by atomic mass is 16.8. The molecule has 91 heavy (non-hydrogen) atoms. The summed E-state index contributed by atoms with van der Waals surface area (Å²) < 4.78 is 69.1. The maximum Gasteiger partial charge on any atom is 0.335 e. The standard InChI is InChI=1S/C63H100O28/c1-12-14-34(67)85-49-48(90-51(79)25(3)13-2)57(5,6)21-31-62-20-16-30-59(9)18-17-33(58(7,8)29(59)15-19-60(30,10)61(62,11)22-32(66)63(31,49)56(80)91-62)84-55-47(89-53-42(75)39(72)36(69)27(23-64)82-53)44(43(76)45(87-55)50(77)78)86-54-46(40(73)37(70)28(24-65)83-54)88-52-41(74)38(71)35(68)26(4)81-52/h13,26-33,35-49,52-56,64-66,68-76,80H,12,14-24H2,1-11H3,(H,77,78). The number of carbonyl (C=O) groups excluding carboxylic acids is 2. The van der Waals surface area contributed by atoms with Gasteiger partial charge >= 0.3 is 17.9 Å². The number of carboxylic acid groups (broad SMARTS) is 1. The van der Waals surface area contributed by atoms with Gasteiger partial charge in [-0.15, -0.1) is 0 Å². The fourth-order valence-electron chi connectivity index (χ4n) is 19.3. The molecule has 2 bridgehead atoms. The summed E-state index contributed by atoms with van der Waals surface area (Å²) in [6.45, 7) is 19.3. The normalized spacial score (nSPS) is 52.6. The van der Waals surface area contributed by atoms with Crippen molar-refractivity contribution in [3.63, 3.8) is 0 Å². The average molecular weight is 1310 g/mol. The highest BCUT2D eigenvalue weighted by Gasteiger charge is 2.86. The third-order valence-electron chi connectivity index (χ3n) is 24.5. The van der Waals surface area contributed by atoms with Crippen molar-refractivity contribution in [3.8, 4) is 0 Å². The van der Waals surface area contributed by atoms with Gasteiger partial charge in [0, 0.05) is 28.7 Å². The maximum absolute atomic E-state index is 13.7. The number of hydrogen-bond acceptors (Lipinski definition) is 27. The van der Waals surface area contributed by atoms with E-state index in [9.17, 15) is 85.9 Å². The lowest BCUT2D eigenvalue weighted by Gasteiger charge is -2.75. The molecule has 5 heterocycles. The molecule has 33 unspecified atom stereocenters. The Morgan fingerprint density at radius 2 is 1.15 bits per heavy atom. The first kappa shape index (κ1) is 71.1. The van der Waals surface area contributed by atoms with Gasteiger partial charge in [0.15, 0.2) is 43.7 Å². The third kappa shape index (κ3) is 11.1. The molecule has 14 N–H and O–H groups in total. The summed E-state index contributed by atoms with van der Waals surface area (Å²) in [5, 5.41) is 157. The zero-order chi connectivity index (χ0) is 66.9. The minimum absolute atomic E-state index is 0.0523. The van der Waals surface area contributed by atoms with Crippen LogP contribution in [0.5, 0.6) is 0 Å². The van der Waals surface area contributed by atoms with E-state index >= 15 is 0 Å². The number of hydrogen-bond donors (Lipinski definition) is 14. The number of aliphatic hydroxyl groups excluding tert-OH is 13. The minimum Gasteiger partial charge on any atom is -0.479 e. The van der Waals surface area contributed by atoms with Gasteiger partial charge in [0.25, 0.3) is 0 Å². The lowest BCUT2D eigenvalue weighted by Crippen LogP contribution is -2.77. The van der Waals surface area contributed by atoms with E-state index in [0.717, 1.165) is 0 Å². The van der Waals surface area contributed by atoms with E-state index in [2.05, 4.69) is 20.8 Å². The molecule has 33 atom stereocenters. The molecule has 10 fully saturated rings. The Morgan fingerprint density at radius 3 is 1.77 bits per heavy atom. The summed E-state index contributed by atoms with van der Waals surface area (Å²) in [5.74, 6) is -3.69. The first-order chi connectivity index (χ1) is 42.5. The Balaban J connectivity index is 0.973. The van der Waals surface area contributed by atoms with Gasteiger partial charge in [-0.2, -0.15) is 0 Å².